The Bertz CT molecular complexity index is 1380. The molecule has 0 spiro atoms. The van der Waals surface area contributed by atoms with Gasteiger partial charge in [-0.2, -0.15) is 0 Å². The molecule has 1 aliphatic rings. The van der Waals surface area contributed by atoms with Gasteiger partial charge in [-0.1, -0.05) is 23.7 Å². The molecule has 0 bridgehead atoms. The number of pyridine rings is 1. The van der Waals surface area contributed by atoms with Gasteiger partial charge in [0.2, 0.25) is 0 Å². The molecular formula is C28H27ClN4OS. The molecule has 1 N–H and O–H groups in total. The summed E-state index contributed by atoms with van der Waals surface area (Å²) in [4.78, 5) is 6.86. The second kappa shape index (κ2) is 9.36. The number of halogens is 1. The zero-order valence-corrected chi connectivity index (χ0v) is 21.7. The summed E-state index contributed by atoms with van der Waals surface area (Å²) in [5, 5.41) is 4.97. The highest BCUT2D eigenvalue weighted by atomic mass is 35.5. The Morgan fingerprint density at radius 2 is 1.77 bits per heavy atom. The van der Waals surface area contributed by atoms with Crippen molar-refractivity contribution in [2.24, 2.45) is 0 Å². The first-order valence-electron chi connectivity index (χ1n) is 11.5. The van der Waals surface area contributed by atoms with Gasteiger partial charge in [-0.25, -0.2) is 0 Å². The zero-order chi connectivity index (χ0) is 24.7. The summed E-state index contributed by atoms with van der Waals surface area (Å²) < 4.78 is 7.65. The topological polar surface area (TPSA) is 42.3 Å². The first-order valence-corrected chi connectivity index (χ1v) is 12.3. The van der Waals surface area contributed by atoms with E-state index in [-0.39, 0.29) is 12.1 Å². The quantitative estimate of drug-likeness (QED) is 0.310. The molecule has 1 saturated heterocycles. The fourth-order valence-corrected chi connectivity index (χ4v) is 5.50. The maximum absolute atomic E-state index is 6.49. The third-order valence-corrected chi connectivity index (χ3v) is 7.44. The fourth-order valence-electron chi connectivity index (χ4n) is 4.99. The summed E-state index contributed by atoms with van der Waals surface area (Å²) >= 11 is 12.4. The molecule has 0 amide bonds. The number of aryl methyl sites for hydroxylation is 1. The van der Waals surface area contributed by atoms with E-state index in [1.54, 1.807) is 7.11 Å². The van der Waals surface area contributed by atoms with Crippen LogP contribution in [0.15, 0.2) is 72.9 Å². The highest BCUT2D eigenvalue weighted by molar-refractivity contribution is 7.80. The molecule has 2 atom stereocenters. The Morgan fingerprint density at radius 3 is 2.46 bits per heavy atom. The second-order valence-corrected chi connectivity index (χ2v) is 9.53. The summed E-state index contributed by atoms with van der Waals surface area (Å²) in [6.45, 7) is 6.35. The van der Waals surface area contributed by atoms with Crippen molar-refractivity contribution in [3.63, 3.8) is 0 Å². The van der Waals surface area contributed by atoms with Crippen LogP contribution < -0.4 is 15.0 Å². The number of hydrogen-bond acceptors (Lipinski definition) is 3. The predicted molar refractivity (Wildman–Crippen MR) is 146 cm³/mol. The zero-order valence-electron chi connectivity index (χ0n) is 20.1. The van der Waals surface area contributed by atoms with Gasteiger partial charge in [0.05, 0.1) is 24.9 Å². The molecule has 35 heavy (non-hydrogen) atoms. The lowest BCUT2D eigenvalue weighted by molar-refractivity contribution is 0.415. The molecule has 2 aromatic carbocycles. The molecule has 1 aliphatic heterocycles. The summed E-state index contributed by atoms with van der Waals surface area (Å²) in [5.41, 5.74) is 7.53. The summed E-state index contributed by atoms with van der Waals surface area (Å²) in [6, 6.07) is 22.1. The highest BCUT2D eigenvalue weighted by Gasteiger charge is 2.42. The van der Waals surface area contributed by atoms with Crippen LogP contribution in [0.2, 0.25) is 5.02 Å². The van der Waals surface area contributed by atoms with E-state index in [0.717, 1.165) is 44.8 Å². The minimum absolute atomic E-state index is 0.0924. The van der Waals surface area contributed by atoms with Gasteiger partial charge in [0.25, 0.3) is 0 Å². The molecule has 1 fully saturated rings. The van der Waals surface area contributed by atoms with Crippen molar-refractivity contribution in [3.8, 4) is 11.4 Å². The van der Waals surface area contributed by atoms with Crippen LogP contribution >= 0.6 is 23.8 Å². The van der Waals surface area contributed by atoms with Gasteiger partial charge in [-0.3, -0.25) is 4.98 Å². The van der Waals surface area contributed by atoms with Crippen molar-refractivity contribution in [2.75, 3.05) is 12.0 Å². The number of nitrogens with zero attached hydrogens (tertiary/aromatic N) is 3. The van der Waals surface area contributed by atoms with E-state index in [9.17, 15) is 0 Å². The van der Waals surface area contributed by atoms with E-state index >= 15 is 0 Å². The number of rotatable bonds is 5. The highest BCUT2D eigenvalue weighted by Crippen LogP contribution is 2.44. The van der Waals surface area contributed by atoms with Crippen LogP contribution in [0, 0.1) is 20.8 Å². The maximum atomic E-state index is 6.49. The Morgan fingerprint density at radius 1 is 1.00 bits per heavy atom. The molecule has 7 heteroatoms. The molecule has 0 aliphatic carbocycles. The Hall–Kier alpha value is -3.35. The maximum Gasteiger partial charge on any atom is 0.174 e. The number of nitrogens with one attached hydrogen (secondary N) is 1. The van der Waals surface area contributed by atoms with Gasteiger partial charge in [0.15, 0.2) is 5.11 Å². The molecule has 5 nitrogen and oxygen atoms in total. The predicted octanol–water partition coefficient (Wildman–Crippen LogP) is 6.64. The van der Waals surface area contributed by atoms with E-state index in [4.69, 9.17) is 28.6 Å². The lowest BCUT2D eigenvalue weighted by Crippen LogP contribution is -2.29. The molecule has 5 rings (SSSR count). The molecule has 2 aromatic heterocycles. The first-order chi connectivity index (χ1) is 16.9. The summed E-state index contributed by atoms with van der Waals surface area (Å²) in [7, 11) is 1.67. The van der Waals surface area contributed by atoms with E-state index in [0.29, 0.717) is 5.11 Å². The van der Waals surface area contributed by atoms with Crippen LogP contribution in [0.3, 0.4) is 0 Å². The van der Waals surface area contributed by atoms with Crippen LogP contribution in [0.4, 0.5) is 5.69 Å². The Labute approximate surface area is 216 Å². The van der Waals surface area contributed by atoms with Gasteiger partial charge in [-0.15, -0.1) is 0 Å². The number of benzene rings is 2. The van der Waals surface area contributed by atoms with Gasteiger partial charge in [0.1, 0.15) is 5.75 Å². The van der Waals surface area contributed by atoms with Gasteiger partial charge in [-0.05, 0) is 98.7 Å². The lowest BCUT2D eigenvalue weighted by Gasteiger charge is -2.28. The molecule has 0 unspecified atom stereocenters. The number of anilines is 1. The monoisotopic (exact) mass is 502 g/mol. The molecule has 3 heterocycles. The molecule has 0 radical (unpaired) electrons. The Balaban J connectivity index is 1.68. The second-order valence-electron chi connectivity index (χ2n) is 8.74. The van der Waals surface area contributed by atoms with Crippen LogP contribution in [0.5, 0.6) is 5.75 Å². The molecule has 178 valence electrons. The van der Waals surface area contributed by atoms with Gasteiger partial charge < -0.3 is 19.5 Å². The van der Waals surface area contributed by atoms with Crippen LogP contribution in [-0.2, 0) is 0 Å². The minimum Gasteiger partial charge on any atom is -0.497 e. The third kappa shape index (κ3) is 4.07. The van der Waals surface area contributed by atoms with Crippen molar-refractivity contribution in [1.29, 1.82) is 0 Å². The van der Waals surface area contributed by atoms with Crippen LogP contribution in [0.25, 0.3) is 5.69 Å². The van der Waals surface area contributed by atoms with Crippen molar-refractivity contribution in [3.05, 3.63) is 106 Å². The molecule has 0 saturated carbocycles. The average Bonchev–Trinajstić information content (AvgIpc) is 3.36. The number of aromatic nitrogens is 2. The van der Waals surface area contributed by atoms with Crippen molar-refractivity contribution in [1.82, 2.24) is 14.9 Å². The standard InChI is InChI=1S/C28H27ClN4OS/c1-17-16-22(19(3)32(17)25-10-7-8-23(29)18(25)2)27-26(24-9-5-6-15-30-24)31-28(35)33(27)20-11-13-21(34-4)14-12-20/h5-16,26-27H,1-4H3,(H,31,35)/t26-,27-/m1/s1. The number of methoxy groups -OCH3 is 1. The van der Waals surface area contributed by atoms with E-state index in [1.807, 2.05) is 60.8 Å². The third-order valence-electron chi connectivity index (χ3n) is 6.72. The van der Waals surface area contributed by atoms with E-state index < -0.39 is 0 Å². The summed E-state index contributed by atoms with van der Waals surface area (Å²) in [6.07, 6.45) is 1.83. The number of hydrogen-bond donors (Lipinski definition) is 1. The number of thiocarbonyl (C=S) groups is 1. The smallest absolute Gasteiger partial charge is 0.174 e. The Kier molecular flexibility index (Phi) is 6.26. The van der Waals surface area contributed by atoms with Crippen molar-refractivity contribution < 1.29 is 4.74 Å². The average molecular weight is 503 g/mol. The van der Waals surface area contributed by atoms with Crippen LogP contribution in [0.1, 0.15) is 40.3 Å². The lowest BCUT2D eigenvalue weighted by atomic mass is 9.96. The first kappa shape index (κ1) is 23.4. The fraction of sp³-hybridized carbons (Fsp3) is 0.214. The number of ether oxygens (including phenoxy) is 1. The van der Waals surface area contributed by atoms with Crippen LogP contribution in [-0.4, -0.2) is 21.8 Å². The van der Waals surface area contributed by atoms with Gasteiger partial charge in [0, 0.05) is 34.0 Å². The minimum atomic E-state index is -0.111. The molecular weight excluding hydrogens is 476 g/mol. The molecule has 4 aromatic rings. The van der Waals surface area contributed by atoms with Crippen molar-refractivity contribution in [2.45, 2.75) is 32.9 Å². The largest absolute Gasteiger partial charge is 0.497 e. The SMILES string of the molecule is COc1ccc(N2C(=S)N[C@H](c3ccccn3)[C@H]2c2cc(C)n(-c3cccc(Cl)c3C)c2C)cc1. The van der Waals surface area contributed by atoms with Gasteiger partial charge >= 0.3 is 0 Å². The summed E-state index contributed by atoms with van der Waals surface area (Å²) in [5.74, 6) is 0.805. The normalized spacial score (nSPS) is 17.5. The van der Waals surface area contributed by atoms with Crippen molar-refractivity contribution >= 4 is 34.6 Å². The van der Waals surface area contributed by atoms with E-state index in [2.05, 4.69) is 52.7 Å². The van der Waals surface area contributed by atoms with E-state index in [1.165, 1.54) is 5.56 Å².